The number of hydrogen-bond donors (Lipinski definition) is 2. The molecule has 1 amide bonds. The highest BCUT2D eigenvalue weighted by atomic mass is 35.5. The molecule has 2 unspecified atom stereocenters. The van der Waals surface area contributed by atoms with E-state index in [1.807, 2.05) is 38.1 Å². The second-order valence-corrected chi connectivity index (χ2v) is 6.62. The smallest absolute Gasteiger partial charge is 0.230 e. The lowest BCUT2D eigenvalue weighted by Crippen LogP contribution is -2.54. The van der Waals surface area contributed by atoms with Gasteiger partial charge in [-0.05, 0) is 50.4 Å². The van der Waals surface area contributed by atoms with Crippen molar-refractivity contribution in [3.05, 3.63) is 34.9 Å². The molecular weight excluding hydrogens is 272 g/mol. The van der Waals surface area contributed by atoms with Gasteiger partial charge in [-0.2, -0.15) is 0 Å². The van der Waals surface area contributed by atoms with Crippen LogP contribution in [0.3, 0.4) is 0 Å². The first-order valence-corrected chi connectivity index (χ1v) is 7.57. The highest BCUT2D eigenvalue weighted by molar-refractivity contribution is 6.30. The molecule has 0 radical (unpaired) electrons. The Bertz CT molecular complexity index is 470. The Labute approximate surface area is 126 Å². The summed E-state index contributed by atoms with van der Waals surface area (Å²) in [5.41, 5.74) is 0.428. The Kier molecular flexibility index (Phi) is 4.71. The maximum absolute atomic E-state index is 12.6. The summed E-state index contributed by atoms with van der Waals surface area (Å²) in [4.78, 5) is 12.6. The van der Waals surface area contributed by atoms with E-state index in [0.29, 0.717) is 10.9 Å². The van der Waals surface area contributed by atoms with Gasteiger partial charge >= 0.3 is 0 Å². The van der Waals surface area contributed by atoms with Crippen molar-refractivity contribution in [2.24, 2.45) is 5.92 Å². The monoisotopic (exact) mass is 294 g/mol. The number of benzene rings is 1. The first kappa shape index (κ1) is 15.3. The van der Waals surface area contributed by atoms with Gasteiger partial charge in [0.1, 0.15) is 0 Å². The predicted octanol–water partition coefficient (Wildman–Crippen LogP) is 2.73. The van der Waals surface area contributed by atoms with Gasteiger partial charge in [-0.1, -0.05) is 30.7 Å². The SMILES string of the molecule is CC1CCNCC1NC(=O)C(C)(C)c1ccc(Cl)cc1. The van der Waals surface area contributed by atoms with Crippen LogP contribution in [0.25, 0.3) is 0 Å². The van der Waals surface area contributed by atoms with Crippen molar-refractivity contribution in [3.63, 3.8) is 0 Å². The van der Waals surface area contributed by atoms with Crippen molar-refractivity contribution in [1.29, 1.82) is 0 Å². The van der Waals surface area contributed by atoms with Gasteiger partial charge in [0.05, 0.1) is 5.41 Å². The minimum Gasteiger partial charge on any atom is -0.351 e. The third-order valence-electron chi connectivity index (χ3n) is 4.28. The molecule has 20 heavy (non-hydrogen) atoms. The molecular formula is C16H23ClN2O. The fraction of sp³-hybridized carbons (Fsp3) is 0.562. The normalized spacial score (nSPS) is 23.4. The van der Waals surface area contributed by atoms with Crippen LogP contribution >= 0.6 is 11.6 Å². The Morgan fingerprint density at radius 3 is 2.60 bits per heavy atom. The second-order valence-electron chi connectivity index (χ2n) is 6.18. The average molecular weight is 295 g/mol. The molecule has 2 N–H and O–H groups in total. The highest BCUT2D eigenvalue weighted by Crippen LogP contribution is 2.25. The summed E-state index contributed by atoms with van der Waals surface area (Å²) in [6.45, 7) is 7.98. The van der Waals surface area contributed by atoms with E-state index in [4.69, 9.17) is 11.6 Å². The summed E-state index contributed by atoms with van der Waals surface area (Å²) in [6, 6.07) is 7.71. The van der Waals surface area contributed by atoms with E-state index in [9.17, 15) is 4.79 Å². The number of piperidine rings is 1. The average Bonchev–Trinajstić information content (AvgIpc) is 2.41. The first-order valence-electron chi connectivity index (χ1n) is 7.19. The lowest BCUT2D eigenvalue weighted by Gasteiger charge is -2.33. The minimum absolute atomic E-state index is 0.0698. The van der Waals surface area contributed by atoms with E-state index >= 15 is 0 Å². The molecule has 110 valence electrons. The van der Waals surface area contributed by atoms with Crippen LogP contribution in [0.5, 0.6) is 0 Å². The molecule has 1 aliphatic rings. The Balaban J connectivity index is 2.08. The van der Waals surface area contributed by atoms with Crippen molar-refractivity contribution >= 4 is 17.5 Å². The number of rotatable bonds is 3. The summed E-state index contributed by atoms with van der Waals surface area (Å²) >= 11 is 5.91. The maximum atomic E-state index is 12.6. The van der Waals surface area contributed by atoms with Gasteiger partial charge in [-0.25, -0.2) is 0 Å². The van der Waals surface area contributed by atoms with Crippen LogP contribution in [-0.4, -0.2) is 25.0 Å². The minimum atomic E-state index is -0.554. The zero-order valence-corrected chi connectivity index (χ0v) is 13.1. The van der Waals surface area contributed by atoms with Gasteiger partial charge in [-0.3, -0.25) is 4.79 Å². The molecule has 2 rings (SSSR count). The van der Waals surface area contributed by atoms with Gasteiger partial charge in [0, 0.05) is 17.6 Å². The van der Waals surface area contributed by atoms with Gasteiger partial charge < -0.3 is 10.6 Å². The molecule has 1 aliphatic heterocycles. The largest absolute Gasteiger partial charge is 0.351 e. The van der Waals surface area contributed by atoms with Crippen molar-refractivity contribution in [2.75, 3.05) is 13.1 Å². The molecule has 0 aliphatic carbocycles. The summed E-state index contributed by atoms with van der Waals surface area (Å²) in [6.07, 6.45) is 1.10. The standard InChI is InChI=1S/C16H23ClN2O/c1-11-8-9-18-10-14(11)19-15(20)16(2,3)12-4-6-13(17)7-5-12/h4-7,11,14,18H,8-10H2,1-3H3,(H,19,20). The first-order chi connectivity index (χ1) is 9.41. The molecule has 4 heteroatoms. The molecule has 2 atom stereocenters. The van der Waals surface area contributed by atoms with Gasteiger partial charge in [0.15, 0.2) is 0 Å². The number of hydrogen-bond acceptors (Lipinski definition) is 2. The van der Waals surface area contributed by atoms with Gasteiger partial charge in [-0.15, -0.1) is 0 Å². The van der Waals surface area contributed by atoms with E-state index in [0.717, 1.165) is 25.1 Å². The number of carbonyl (C=O) groups excluding carboxylic acids is 1. The van der Waals surface area contributed by atoms with E-state index < -0.39 is 5.41 Å². The zero-order valence-electron chi connectivity index (χ0n) is 12.4. The van der Waals surface area contributed by atoms with E-state index in [1.165, 1.54) is 0 Å². The zero-order chi connectivity index (χ0) is 14.8. The van der Waals surface area contributed by atoms with Crippen molar-refractivity contribution < 1.29 is 4.79 Å². The lowest BCUT2D eigenvalue weighted by molar-refractivity contribution is -0.126. The van der Waals surface area contributed by atoms with E-state index in [-0.39, 0.29) is 11.9 Å². The van der Waals surface area contributed by atoms with Crippen LogP contribution in [0.2, 0.25) is 5.02 Å². The molecule has 1 heterocycles. The molecule has 1 fully saturated rings. The van der Waals surface area contributed by atoms with Crippen molar-refractivity contribution in [2.45, 2.75) is 38.6 Å². The summed E-state index contributed by atoms with van der Waals surface area (Å²) in [5.74, 6) is 0.585. The number of halogens is 1. The topological polar surface area (TPSA) is 41.1 Å². The van der Waals surface area contributed by atoms with E-state index in [2.05, 4.69) is 17.6 Å². The molecule has 1 aromatic carbocycles. The van der Waals surface area contributed by atoms with Gasteiger partial charge in [0.25, 0.3) is 0 Å². The summed E-state index contributed by atoms with van der Waals surface area (Å²) in [5, 5.41) is 7.21. The number of amides is 1. The molecule has 0 aromatic heterocycles. The summed E-state index contributed by atoms with van der Waals surface area (Å²) in [7, 11) is 0. The molecule has 1 saturated heterocycles. The quantitative estimate of drug-likeness (QED) is 0.900. The lowest BCUT2D eigenvalue weighted by atomic mass is 9.83. The Hall–Kier alpha value is -1.06. The Morgan fingerprint density at radius 2 is 2.00 bits per heavy atom. The Morgan fingerprint density at radius 1 is 1.35 bits per heavy atom. The van der Waals surface area contributed by atoms with E-state index in [1.54, 1.807) is 0 Å². The van der Waals surface area contributed by atoms with Crippen LogP contribution in [0.1, 0.15) is 32.8 Å². The van der Waals surface area contributed by atoms with Gasteiger partial charge in [0.2, 0.25) is 5.91 Å². The number of nitrogens with one attached hydrogen (secondary N) is 2. The molecule has 1 aromatic rings. The predicted molar refractivity (Wildman–Crippen MR) is 83.1 cm³/mol. The third-order valence-corrected chi connectivity index (χ3v) is 4.53. The molecule has 0 bridgehead atoms. The second kappa shape index (κ2) is 6.15. The van der Waals surface area contributed by atoms with Crippen molar-refractivity contribution in [3.8, 4) is 0 Å². The highest BCUT2D eigenvalue weighted by Gasteiger charge is 2.33. The molecule has 0 spiro atoms. The van der Waals surface area contributed by atoms with Crippen molar-refractivity contribution in [1.82, 2.24) is 10.6 Å². The van der Waals surface area contributed by atoms with Crippen LogP contribution < -0.4 is 10.6 Å². The third kappa shape index (κ3) is 3.33. The van der Waals surface area contributed by atoms with Crippen LogP contribution in [0.4, 0.5) is 0 Å². The fourth-order valence-electron chi connectivity index (χ4n) is 2.53. The molecule has 0 saturated carbocycles. The van der Waals surface area contributed by atoms with Crippen LogP contribution in [0, 0.1) is 5.92 Å². The van der Waals surface area contributed by atoms with Crippen LogP contribution in [0.15, 0.2) is 24.3 Å². The number of carbonyl (C=O) groups is 1. The van der Waals surface area contributed by atoms with Crippen LogP contribution in [-0.2, 0) is 10.2 Å². The fourth-order valence-corrected chi connectivity index (χ4v) is 2.66. The summed E-state index contributed by atoms with van der Waals surface area (Å²) < 4.78 is 0. The molecule has 3 nitrogen and oxygen atoms in total. The maximum Gasteiger partial charge on any atom is 0.230 e.